The molecule has 0 spiro atoms. The van der Waals surface area contributed by atoms with Crippen LogP contribution in [0.4, 0.5) is 5.82 Å². The van der Waals surface area contributed by atoms with Crippen molar-refractivity contribution in [3.8, 4) is 22.8 Å². The molecule has 1 aliphatic rings. The highest BCUT2D eigenvalue weighted by Crippen LogP contribution is 2.31. The van der Waals surface area contributed by atoms with Gasteiger partial charge < -0.3 is 14.7 Å². The molecule has 4 rings (SSSR count). The third-order valence-electron chi connectivity index (χ3n) is 4.73. The highest BCUT2D eigenvalue weighted by molar-refractivity contribution is 6.30. The van der Waals surface area contributed by atoms with Crippen LogP contribution in [0.5, 0.6) is 0 Å². The number of nitrogens with one attached hydrogen (secondary N) is 1. The Morgan fingerprint density at radius 2 is 2.07 bits per heavy atom. The second-order valence-corrected chi connectivity index (χ2v) is 7.21. The molecule has 1 fully saturated rings. The van der Waals surface area contributed by atoms with Crippen LogP contribution in [-0.4, -0.2) is 40.2 Å². The summed E-state index contributed by atoms with van der Waals surface area (Å²) in [6, 6.07) is 11.3. The maximum absolute atomic E-state index is 11.3. The number of amides is 1. The van der Waals surface area contributed by atoms with E-state index < -0.39 is 0 Å². The van der Waals surface area contributed by atoms with Gasteiger partial charge >= 0.3 is 0 Å². The van der Waals surface area contributed by atoms with Gasteiger partial charge in [-0.2, -0.15) is 4.98 Å². The summed E-state index contributed by atoms with van der Waals surface area (Å²) in [6.07, 6.45) is 3.49. The quantitative estimate of drug-likeness (QED) is 0.724. The van der Waals surface area contributed by atoms with E-state index in [0.717, 1.165) is 42.9 Å². The van der Waals surface area contributed by atoms with Crippen LogP contribution >= 0.6 is 11.6 Å². The van der Waals surface area contributed by atoms with Crippen molar-refractivity contribution >= 4 is 23.3 Å². The number of halogens is 1. The molecule has 2 aromatic heterocycles. The van der Waals surface area contributed by atoms with Gasteiger partial charge in [-0.3, -0.25) is 4.79 Å². The number of piperidine rings is 1. The van der Waals surface area contributed by atoms with Crippen molar-refractivity contribution < 1.29 is 9.32 Å². The molecule has 8 heteroatoms. The minimum Gasteiger partial charge on any atom is -0.356 e. The average molecular weight is 398 g/mol. The molecule has 1 aromatic carbocycles. The van der Waals surface area contributed by atoms with Crippen LogP contribution in [0, 0.1) is 0 Å². The lowest BCUT2D eigenvalue weighted by molar-refractivity contribution is -0.119. The molecule has 0 atom stereocenters. The smallest absolute Gasteiger partial charge is 0.261 e. The first-order valence-corrected chi connectivity index (χ1v) is 9.55. The Labute approximate surface area is 167 Å². The molecule has 144 valence electrons. The van der Waals surface area contributed by atoms with Gasteiger partial charge in [0.25, 0.3) is 5.89 Å². The van der Waals surface area contributed by atoms with Gasteiger partial charge in [-0.25, -0.2) is 4.98 Å². The van der Waals surface area contributed by atoms with Crippen molar-refractivity contribution in [3.05, 3.63) is 47.6 Å². The molecule has 1 amide bonds. The lowest BCUT2D eigenvalue weighted by Gasteiger charge is -2.33. The van der Waals surface area contributed by atoms with Crippen molar-refractivity contribution in [2.24, 2.45) is 0 Å². The van der Waals surface area contributed by atoms with Crippen molar-refractivity contribution in [2.75, 3.05) is 18.0 Å². The summed E-state index contributed by atoms with van der Waals surface area (Å²) in [6.45, 7) is 3.14. The monoisotopic (exact) mass is 397 g/mol. The zero-order chi connectivity index (χ0) is 19.5. The van der Waals surface area contributed by atoms with Gasteiger partial charge in [-0.15, -0.1) is 0 Å². The Morgan fingerprint density at radius 3 is 2.82 bits per heavy atom. The largest absolute Gasteiger partial charge is 0.356 e. The standard InChI is InChI=1S/C20H20ClN5O2/c1-13(27)23-16-7-10-26(11-8-16)19-17(6-3-9-22-19)20-24-18(25-28-20)14-4-2-5-15(21)12-14/h2-6,9,12,16H,7-8,10-11H2,1H3,(H,23,27). The maximum atomic E-state index is 11.3. The summed E-state index contributed by atoms with van der Waals surface area (Å²) in [4.78, 5) is 22.6. The highest BCUT2D eigenvalue weighted by Gasteiger charge is 2.24. The molecule has 1 N–H and O–H groups in total. The summed E-state index contributed by atoms with van der Waals surface area (Å²) < 4.78 is 5.52. The summed E-state index contributed by atoms with van der Waals surface area (Å²) in [5.74, 6) is 1.72. The van der Waals surface area contributed by atoms with E-state index >= 15 is 0 Å². The van der Waals surface area contributed by atoms with Gasteiger partial charge in [0, 0.05) is 42.8 Å². The molecular formula is C20H20ClN5O2. The number of hydrogen-bond acceptors (Lipinski definition) is 6. The second kappa shape index (κ2) is 7.98. The van der Waals surface area contributed by atoms with E-state index in [1.807, 2.05) is 24.3 Å². The number of nitrogens with zero attached hydrogens (tertiary/aromatic N) is 4. The fourth-order valence-electron chi connectivity index (χ4n) is 3.42. The molecule has 0 aliphatic carbocycles. The Bertz CT molecular complexity index is 982. The third kappa shape index (κ3) is 3.99. The van der Waals surface area contributed by atoms with Crippen molar-refractivity contribution in [2.45, 2.75) is 25.8 Å². The lowest BCUT2D eigenvalue weighted by Crippen LogP contribution is -2.44. The summed E-state index contributed by atoms with van der Waals surface area (Å²) in [5, 5.41) is 7.70. The normalized spacial score (nSPS) is 14.9. The number of rotatable bonds is 4. The van der Waals surface area contributed by atoms with E-state index in [2.05, 4.69) is 25.3 Å². The maximum Gasteiger partial charge on any atom is 0.261 e. The third-order valence-corrected chi connectivity index (χ3v) is 4.96. The molecule has 1 aliphatic heterocycles. The Hall–Kier alpha value is -2.93. The molecule has 7 nitrogen and oxygen atoms in total. The molecule has 0 radical (unpaired) electrons. The van der Waals surface area contributed by atoms with Crippen LogP contribution in [0.2, 0.25) is 5.02 Å². The van der Waals surface area contributed by atoms with Gasteiger partial charge in [0.15, 0.2) is 0 Å². The SMILES string of the molecule is CC(=O)NC1CCN(c2ncccc2-c2nc(-c3cccc(Cl)c3)no2)CC1. The van der Waals surface area contributed by atoms with Gasteiger partial charge in [0.05, 0.1) is 5.56 Å². The minimum absolute atomic E-state index is 0.0105. The van der Waals surface area contributed by atoms with Crippen molar-refractivity contribution in [1.82, 2.24) is 20.4 Å². The molecule has 3 aromatic rings. The predicted octanol–water partition coefficient (Wildman–Crippen LogP) is 3.56. The second-order valence-electron chi connectivity index (χ2n) is 6.77. The zero-order valence-electron chi connectivity index (χ0n) is 15.4. The topological polar surface area (TPSA) is 84.2 Å². The molecule has 0 saturated carbocycles. The molecule has 28 heavy (non-hydrogen) atoms. The fraction of sp³-hybridized carbons (Fsp3) is 0.300. The molecule has 0 bridgehead atoms. The molecule has 3 heterocycles. The van der Waals surface area contributed by atoms with Crippen molar-refractivity contribution in [1.29, 1.82) is 0 Å². The first-order valence-electron chi connectivity index (χ1n) is 9.17. The first-order chi connectivity index (χ1) is 13.6. The fourth-order valence-corrected chi connectivity index (χ4v) is 3.61. The van der Waals surface area contributed by atoms with Gasteiger partial charge in [-0.05, 0) is 37.1 Å². The first kappa shape index (κ1) is 18.4. The zero-order valence-corrected chi connectivity index (χ0v) is 16.2. The van der Waals surface area contributed by atoms with Crippen LogP contribution in [-0.2, 0) is 4.79 Å². The summed E-state index contributed by atoms with van der Waals surface area (Å²) in [5.41, 5.74) is 1.59. The number of carbonyl (C=O) groups excluding carboxylic acids is 1. The molecule has 1 saturated heterocycles. The average Bonchev–Trinajstić information content (AvgIpc) is 3.18. The minimum atomic E-state index is 0.0105. The number of benzene rings is 1. The van der Waals surface area contributed by atoms with E-state index in [1.54, 1.807) is 25.3 Å². The molecule has 0 unspecified atom stereocenters. The number of pyridine rings is 1. The van der Waals surface area contributed by atoms with Gasteiger partial charge in [0.1, 0.15) is 5.82 Å². The highest BCUT2D eigenvalue weighted by atomic mass is 35.5. The summed E-state index contributed by atoms with van der Waals surface area (Å²) in [7, 11) is 0. The van der Waals surface area contributed by atoms with E-state index in [9.17, 15) is 4.79 Å². The Balaban J connectivity index is 1.57. The van der Waals surface area contributed by atoms with E-state index in [-0.39, 0.29) is 11.9 Å². The number of hydrogen-bond donors (Lipinski definition) is 1. The number of carbonyl (C=O) groups is 1. The van der Waals surface area contributed by atoms with Crippen LogP contribution in [0.3, 0.4) is 0 Å². The van der Waals surface area contributed by atoms with E-state index in [1.165, 1.54) is 0 Å². The Morgan fingerprint density at radius 1 is 1.25 bits per heavy atom. The van der Waals surface area contributed by atoms with Crippen molar-refractivity contribution in [3.63, 3.8) is 0 Å². The van der Waals surface area contributed by atoms with E-state index in [0.29, 0.717) is 16.7 Å². The number of aromatic nitrogens is 3. The van der Waals surface area contributed by atoms with E-state index in [4.69, 9.17) is 16.1 Å². The number of anilines is 1. The van der Waals surface area contributed by atoms with Crippen LogP contribution in [0.15, 0.2) is 47.1 Å². The molecular weight excluding hydrogens is 378 g/mol. The van der Waals surface area contributed by atoms with Crippen LogP contribution in [0.1, 0.15) is 19.8 Å². The Kier molecular flexibility index (Phi) is 5.25. The lowest BCUT2D eigenvalue weighted by atomic mass is 10.0. The van der Waals surface area contributed by atoms with Gasteiger partial charge in [0.2, 0.25) is 11.7 Å². The van der Waals surface area contributed by atoms with Crippen LogP contribution in [0.25, 0.3) is 22.8 Å². The van der Waals surface area contributed by atoms with Gasteiger partial charge in [-0.1, -0.05) is 28.9 Å². The van der Waals surface area contributed by atoms with Crippen LogP contribution < -0.4 is 10.2 Å². The summed E-state index contributed by atoms with van der Waals surface area (Å²) >= 11 is 6.06. The predicted molar refractivity (Wildman–Crippen MR) is 107 cm³/mol.